The molecule has 0 bridgehead atoms. The van der Waals surface area contributed by atoms with Crippen LogP contribution in [0.25, 0.3) is 22.1 Å². The van der Waals surface area contributed by atoms with Gasteiger partial charge in [0.25, 0.3) is 11.8 Å². The summed E-state index contributed by atoms with van der Waals surface area (Å²) in [4.78, 5) is 76.2. The van der Waals surface area contributed by atoms with E-state index in [1.165, 1.54) is 31.4 Å². The van der Waals surface area contributed by atoms with E-state index in [1.807, 2.05) is 34.6 Å². The Kier molecular flexibility index (Phi) is 14.9. The molecule has 0 saturated carbocycles. The number of aromatic carboxylic acids is 1. The molecule has 6 aromatic rings. The first-order valence-electron chi connectivity index (χ1n) is 23.0. The predicted octanol–water partition coefficient (Wildman–Crippen LogP) is 6.42. The van der Waals surface area contributed by atoms with Crippen LogP contribution >= 0.6 is 0 Å². The summed E-state index contributed by atoms with van der Waals surface area (Å²) in [6.45, 7) is 15.0. The number of nitrogens with two attached hydrogens (primary N) is 1. The quantitative estimate of drug-likeness (QED) is 0.0604. The lowest BCUT2D eigenvalue weighted by Crippen LogP contribution is -2.42. The minimum absolute atomic E-state index is 0.0554. The Balaban J connectivity index is 1.21. The van der Waals surface area contributed by atoms with Crippen LogP contribution in [0, 0.1) is 31.6 Å². The number of ether oxygens (including phenoxy) is 3. The molecule has 21 nitrogen and oxygen atoms in total. The van der Waals surface area contributed by atoms with Crippen molar-refractivity contribution in [3.8, 4) is 23.3 Å². The number of allylic oxidation sites excluding steroid dienone is 2. The minimum atomic E-state index is -1.18. The van der Waals surface area contributed by atoms with Crippen molar-refractivity contribution in [2.45, 2.75) is 99.5 Å². The number of carboxylic acid groups (broad SMARTS) is 1. The van der Waals surface area contributed by atoms with Crippen molar-refractivity contribution in [3.05, 3.63) is 82.5 Å². The topological polar surface area (TPSA) is 258 Å². The van der Waals surface area contributed by atoms with Crippen LogP contribution in [0.15, 0.2) is 48.6 Å². The van der Waals surface area contributed by atoms with Crippen LogP contribution < -0.4 is 25.8 Å². The van der Waals surface area contributed by atoms with Crippen molar-refractivity contribution in [1.82, 2.24) is 43.6 Å². The van der Waals surface area contributed by atoms with E-state index < -0.39 is 29.3 Å². The number of rotatable bonds is 16. The molecule has 5 heterocycles. The van der Waals surface area contributed by atoms with E-state index in [4.69, 9.17) is 24.9 Å². The molecule has 4 amide bonds. The van der Waals surface area contributed by atoms with Crippen molar-refractivity contribution < 1.29 is 43.3 Å². The highest BCUT2D eigenvalue weighted by Crippen LogP contribution is 2.33. The molecule has 70 heavy (non-hydrogen) atoms. The monoisotopic (exact) mass is 958 g/mol. The lowest BCUT2D eigenvalue weighted by Gasteiger charge is -2.33. The summed E-state index contributed by atoms with van der Waals surface area (Å²) in [5.41, 5.74) is 8.62. The number of piperidine rings is 1. The predicted molar refractivity (Wildman–Crippen MR) is 260 cm³/mol. The summed E-state index contributed by atoms with van der Waals surface area (Å²) in [7, 11) is 1.41. The number of amides is 4. The molecule has 1 unspecified atom stereocenters. The summed E-state index contributed by atoms with van der Waals surface area (Å²) >= 11 is 0. The molecular weight excluding hydrogens is 901 g/mol. The summed E-state index contributed by atoms with van der Waals surface area (Å²) in [5, 5.41) is 24.5. The number of fused-ring (bicyclic) bond motifs is 2. The highest BCUT2D eigenvalue weighted by atomic mass is 16.6. The average Bonchev–Trinajstić information content (AvgIpc) is 4.08. The molecule has 5 N–H and O–H groups in total. The van der Waals surface area contributed by atoms with Gasteiger partial charge in [0.05, 0.1) is 35.1 Å². The standard InChI is InChI=1S/C49H58N12O9/c1-9-60-36(22-29(3)55-60)43(63)53-46-52-35-25-33(45(65)66)27-38(68-8)40(35)58(46)19-12-13-20-59-41-34(51-47(59)54-44(64)37-23-30(4)56-61(37)10-2)24-32(42(50)62)26-39(41)69-21-14-11-16-31-17-15-18-57(28-31)48(67)70-49(5,6)7/h12-13,22-27,31H,9-10,15-21,28H2,1-8H3,(H2,50,62)(H,65,66)(H,51,54,64)(H,52,53,63)/b13-12+. The number of benzene rings is 2. The first-order chi connectivity index (χ1) is 33.4. The molecule has 1 fully saturated rings. The molecule has 21 heteroatoms. The fourth-order valence-corrected chi connectivity index (χ4v) is 8.27. The van der Waals surface area contributed by atoms with E-state index in [9.17, 15) is 29.1 Å². The summed E-state index contributed by atoms with van der Waals surface area (Å²) in [5.74, 6) is 4.26. The second-order valence-electron chi connectivity index (χ2n) is 17.8. The van der Waals surface area contributed by atoms with E-state index in [0.29, 0.717) is 71.9 Å². The third-order valence-corrected chi connectivity index (χ3v) is 11.4. The van der Waals surface area contributed by atoms with Gasteiger partial charge in [-0.25, -0.2) is 19.6 Å². The molecule has 7 rings (SSSR count). The third-order valence-electron chi connectivity index (χ3n) is 11.4. The number of primary amides is 1. The maximum atomic E-state index is 13.9. The van der Waals surface area contributed by atoms with Crippen LogP contribution in [0.4, 0.5) is 16.7 Å². The maximum absolute atomic E-state index is 13.9. The largest absolute Gasteiger partial charge is 0.494 e. The minimum Gasteiger partial charge on any atom is -0.494 e. The molecule has 2 aromatic carbocycles. The van der Waals surface area contributed by atoms with Crippen LogP contribution in [0.3, 0.4) is 0 Å². The number of hydrogen-bond donors (Lipinski definition) is 4. The van der Waals surface area contributed by atoms with E-state index >= 15 is 0 Å². The highest BCUT2D eigenvalue weighted by Gasteiger charge is 2.28. The Hall–Kier alpha value is -8.15. The Labute approximate surface area is 403 Å². The molecular formula is C49H58N12O9. The van der Waals surface area contributed by atoms with Crippen molar-refractivity contribution in [2.75, 3.05) is 37.4 Å². The van der Waals surface area contributed by atoms with E-state index in [2.05, 4.69) is 37.7 Å². The van der Waals surface area contributed by atoms with Crippen molar-refractivity contribution in [1.29, 1.82) is 0 Å². The third kappa shape index (κ3) is 11.2. The Morgan fingerprint density at radius 3 is 1.87 bits per heavy atom. The number of carboxylic acids is 1. The summed E-state index contributed by atoms with van der Waals surface area (Å²) < 4.78 is 24.1. The fraction of sp³-hybridized carbons (Fsp3) is 0.408. The van der Waals surface area contributed by atoms with Crippen molar-refractivity contribution in [2.24, 2.45) is 11.7 Å². The number of anilines is 2. The van der Waals surface area contributed by atoms with E-state index in [0.717, 1.165) is 12.8 Å². The van der Waals surface area contributed by atoms with Gasteiger partial charge in [-0.1, -0.05) is 24.0 Å². The molecule has 1 atom stereocenters. The van der Waals surface area contributed by atoms with Crippen LogP contribution in [-0.4, -0.2) is 111 Å². The first kappa shape index (κ1) is 49.7. The lowest BCUT2D eigenvalue weighted by molar-refractivity contribution is 0.0168. The molecule has 0 aliphatic carbocycles. The zero-order valence-electron chi connectivity index (χ0n) is 40.6. The van der Waals surface area contributed by atoms with Gasteiger partial charge in [-0.2, -0.15) is 10.2 Å². The molecule has 368 valence electrons. The van der Waals surface area contributed by atoms with Gasteiger partial charge in [0, 0.05) is 51.3 Å². The highest BCUT2D eigenvalue weighted by molar-refractivity contribution is 6.05. The Morgan fingerprint density at radius 2 is 1.36 bits per heavy atom. The average molecular weight is 959 g/mol. The number of carbonyl (C=O) groups is 5. The normalized spacial score (nSPS) is 13.9. The molecule has 4 aromatic heterocycles. The van der Waals surface area contributed by atoms with Gasteiger partial charge in [-0.15, -0.1) is 0 Å². The number of nitrogens with zero attached hydrogens (tertiary/aromatic N) is 9. The summed E-state index contributed by atoms with van der Waals surface area (Å²) in [6, 6.07) is 9.14. The van der Waals surface area contributed by atoms with E-state index in [-0.39, 0.29) is 71.7 Å². The van der Waals surface area contributed by atoms with Gasteiger partial charge >= 0.3 is 12.1 Å². The van der Waals surface area contributed by atoms with Crippen molar-refractivity contribution >= 4 is 63.7 Å². The van der Waals surface area contributed by atoms with Crippen LogP contribution in [0.1, 0.15) is 107 Å². The number of imidazole rings is 2. The number of hydrogen-bond acceptors (Lipinski definition) is 12. The smallest absolute Gasteiger partial charge is 0.410 e. The van der Waals surface area contributed by atoms with Gasteiger partial charge in [0.2, 0.25) is 17.8 Å². The van der Waals surface area contributed by atoms with Crippen molar-refractivity contribution in [3.63, 3.8) is 0 Å². The SMILES string of the molecule is CCn1nc(C)cc1C(=O)Nc1nc2cc(C(=O)O)cc(OC)c2n1C/C=C/Cn1c(NC(=O)c2cc(C)nn2CC)nc2cc(C(N)=O)cc(OCC#CCC3CCCN(C(=O)OC(C)(C)C)C3)c21. The van der Waals surface area contributed by atoms with Gasteiger partial charge < -0.3 is 39.1 Å². The molecule has 1 aliphatic heterocycles. The number of methoxy groups -OCH3 is 1. The van der Waals surface area contributed by atoms with Gasteiger partial charge in [-0.05, 0) is 104 Å². The number of carbonyl (C=O) groups excluding carboxylic acids is 4. The Bertz CT molecular complexity index is 3080. The second-order valence-corrected chi connectivity index (χ2v) is 17.8. The lowest BCUT2D eigenvalue weighted by atomic mass is 9.95. The maximum Gasteiger partial charge on any atom is 0.410 e. The Morgan fingerprint density at radius 1 is 0.814 bits per heavy atom. The molecule has 1 aliphatic rings. The number of aromatic nitrogens is 8. The van der Waals surface area contributed by atoms with E-state index in [1.54, 1.807) is 61.5 Å². The van der Waals surface area contributed by atoms with Gasteiger partial charge in [0.15, 0.2) is 0 Å². The molecule has 0 spiro atoms. The van der Waals surface area contributed by atoms with Gasteiger partial charge in [0.1, 0.15) is 46.1 Å². The zero-order valence-corrected chi connectivity index (χ0v) is 40.6. The fourth-order valence-electron chi connectivity index (χ4n) is 8.27. The molecule has 1 saturated heterocycles. The van der Waals surface area contributed by atoms with Gasteiger partial charge in [-0.3, -0.25) is 34.4 Å². The first-order valence-corrected chi connectivity index (χ1v) is 23.0. The number of aryl methyl sites for hydroxylation is 4. The summed E-state index contributed by atoms with van der Waals surface area (Å²) in [6.07, 6.45) is 5.54. The van der Waals surface area contributed by atoms with Crippen LogP contribution in [-0.2, 0) is 30.9 Å². The number of likely N-dealkylation sites (tertiary alicyclic amines) is 1. The molecule has 0 radical (unpaired) electrons. The second kappa shape index (κ2) is 21.0. The van der Waals surface area contributed by atoms with Crippen LogP contribution in [0.2, 0.25) is 0 Å². The zero-order chi connectivity index (χ0) is 50.4. The number of nitrogens with one attached hydrogen (secondary N) is 2. The van der Waals surface area contributed by atoms with Crippen LogP contribution in [0.5, 0.6) is 11.5 Å².